The van der Waals surface area contributed by atoms with Gasteiger partial charge in [-0.1, -0.05) is 5.16 Å². The fraction of sp³-hybridized carbons (Fsp3) is 0.571. The Morgan fingerprint density at radius 2 is 2.18 bits per heavy atom. The lowest BCUT2D eigenvalue weighted by atomic mass is 10.3. The number of anilines is 1. The Balaban J connectivity index is 2.79. The first kappa shape index (κ1) is 8.07. The van der Waals surface area contributed by atoms with Crippen LogP contribution in [0.4, 0.5) is 5.82 Å². The summed E-state index contributed by atoms with van der Waals surface area (Å²) < 4.78 is 4.87. The SMILES string of the molecule is Cc1onc(NC(C)O)c1C. The maximum Gasteiger partial charge on any atom is 0.174 e. The molecule has 0 saturated carbocycles. The molecule has 2 N–H and O–H groups in total. The van der Waals surface area contributed by atoms with Crippen molar-refractivity contribution in [3.8, 4) is 0 Å². The van der Waals surface area contributed by atoms with Crippen LogP contribution in [0.5, 0.6) is 0 Å². The number of rotatable bonds is 2. The summed E-state index contributed by atoms with van der Waals surface area (Å²) >= 11 is 0. The molecule has 1 rings (SSSR count). The molecule has 0 aliphatic heterocycles. The average molecular weight is 156 g/mol. The van der Waals surface area contributed by atoms with E-state index in [1.54, 1.807) is 6.92 Å². The summed E-state index contributed by atoms with van der Waals surface area (Å²) in [4.78, 5) is 0. The van der Waals surface area contributed by atoms with Crippen LogP contribution in [0.1, 0.15) is 18.2 Å². The van der Waals surface area contributed by atoms with Crippen LogP contribution in [0, 0.1) is 13.8 Å². The van der Waals surface area contributed by atoms with Crippen LogP contribution in [0.2, 0.25) is 0 Å². The number of aryl methyl sites for hydroxylation is 1. The van der Waals surface area contributed by atoms with Gasteiger partial charge in [-0.3, -0.25) is 0 Å². The minimum Gasteiger partial charge on any atom is -0.374 e. The van der Waals surface area contributed by atoms with Crippen molar-refractivity contribution in [2.24, 2.45) is 0 Å². The molecular weight excluding hydrogens is 144 g/mol. The zero-order chi connectivity index (χ0) is 8.43. The molecule has 0 radical (unpaired) electrons. The topological polar surface area (TPSA) is 58.3 Å². The molecule has 1 aromatic heterocycles. The Labute approximate surface area is 65.2 Å². The predicted molar refractivity (Wildman–Crippen MR) is 41.3 cm³/mol. The molecular formula is C7H12N2O2. The van der Waals surface area contributed by atoms with E-state index < -0.39 is 6.23 Å². The second-order valence-electron chi connectivity index (χ2n) is 2.53. The fourth-order valence-corrected chi connectivity index (χ4v) is 0.750. The zero-order valence-electron chi connectivity index (χ0n) is 6.88. The molecule has 11 heavy (non-hydrogen) atoms. The van der Waals surface area contributed by atoms with E-state index in [1.807, 2.05) is 13.8 Å². The van der Waals surface area contributed by atoms with Crippen molar-refractivity contribution in [2.75, 3.05) is 5.32 Å². The molecule has 0 bridgehead atoms. The average Bonchev–Trinajstić information content (AvgIpc) is 2.18. The second-order valence-corrected chi connectivity index (χ2v) is 2.53. The van der Waals surface area contributed by atoms with Gasteiger partial charge in [-0.05, 0) is 20.8 Å². The highest BCUT2D eigenvalue weighted by Gasteiger charge is 2.08. The number of hydrogen-bond donors (Lipinski definition) is 2. The standard InChI is InChI=1S/C7H12N2O2/c1-4-5(2)11-9-7(4)8-6(3)10/h6,10H,1-3H3,(H,8,9). The van der Waals surface area contributed by atoms with Gasteiger partial charge in [0.1, 0.15) is 12.0 Å². The predicted octanol–water partition coefficient (Wildman–Crippen LogP) is 1.04. The van der Waals surface area contributed by atoms with Crippen LogP contribution in [0.25, 0.3) is 0 Å². The lowest BCUT2D eigenvalue weighted by Crippen LogP contribution is -2.14. The third-order valence-electron chi connectivity index (χ3n) is 1.50. The molecule has 0 amide bonds. The quantitative estimate of drug-likeness (QED) is 0.628. The minimum atomic E-state index is -0.599. The Kier molecular flexibility index (Phi) is 2.14. The number of aliphatic hydroxyl groups is 1. The van der Waals surface area contributed by atoms with Crippen LogP contribution in [-0.2, 0) is 0 Å². The first-order chi connectivity index (χ1) is 5.11. The van der Waals surface area contributed by atoms with E-state index in [4.69, 9.17) is 9.63 Å². The fourth-order valence-electron chi connectivity index (χ4n) is 0.750. The number of nitrogens with one attached hydrogen (secondary N) is 1. The Morgan fingerprint density at radius 3 is 2.55 bits per heavy atom. The lowest BCUT2D eigenvalue weighted by molar-refractivity contribution is 0.223. The largest absolute Gasteiger partial charge is 0.374 e. The van der Waals surface area contributed by atoms with Crippen molar-refractivity contribution in [3.05, 3.63) is 11.3 Å². The maximum atomic E-state index is 8.95. The molecule has 1 heterocycles. The van der Waals surface area contributed by atoms with E-state index in [-0.39, 0.29) is 0 Å². The molecule has 4 heteroatoms. The van der Waals surface area contributed by atoms with Crippen molar-refractivity contribution >= 4 is 5.82 Å². The number of nitrogens with zero attached hydrogens (tertiary/aromatic N) is 1. The molecule has 0 aliphatic carbocycles. The third kappa shape index (κ3) is 1.71. The zero-order valence-corrected chi connectivity index (χ0v) is 6.88. The van der Waals surface area contributed by atoms with Gasteiger partial charge in [0, 0.05) is 5.56 Å². The summed E-state index contributed by atoms with van der Waals surface area (Å²) in [6, 6.07) is 0. The van der Waals surface area contributed by atoms with Crippen molar-refractivity contribution in [1.29, 1.82) is 0 Å². The molecule has 1 atom stereocenters. The van der Waals surface area contributed by atoms with Crippen LogP contribution in [0.3, 0.4) is 0 Å². The van der Waals surface area contributed by atoms with Gasteiger partial charge in [0.05, 0.1) is 0 Å². The summed E-state index contributed by atoms with van der Waals surface area (Å²) in [5, 5.41) is 15.4. The molecule has 1 aromatic rings. The molecule has 0 aromatic carbocycles. The molecule has 0 saturated heterocycles. The monoisotopic (exact) mass is 156 g/mol. The van der Waals surface area contributed by atoms with E-state index in [0.29, 0.717) is 5.82 Å². The molecule has 62 valence electrons. The maximum absolute atomic E-state index is 8.95. The summed E-state index contributed by atoms with van der Waals surface area (Å²) in [7, 11) is 0. The minimum absolute atomic E-state index is 0.599. The third-order valence-corrected chi connectivity index (χ3v) is 1.50. The number of aromatic nitrogens is 1. The van der Waals surface area contributed by atoms with E-state index in [9.17, 15) is 0 Å². The summed E-state index contributed by atoms with van der Waals surface area (Å²) in [5.41, 5.74) is 0.936. The van der Waals surface area contributed by atoms with E-state index in [2.05, 4.69) is 10.5 Å². The van der Waals surface area contributed by atoms with Crippen LogP contribution in [0.15, 0.2) is 4.52 Å². The van der Waals surface area contributed by atoms with Gasteiger partial charge < -0.3 is 14.9 Å². The van der Waals surface area contributed by atoms with E-state index >= 15 is 0 Å². The van der Waals surface area contributed by atoms with Gasteiger partial charge in [0.15, 0.2) is 5.82 Å². The second kappa shape index (κ2) is 2.92. The molecule has 0 fully saturated rings. The molecule has 4 nitrogen and oxygen atoms in total. The highest BCUT2D eigenvalue weighted by atomic mass is 16.5. The van der Waals surface area contributed by atoms with Crippen LogP contribution >= 0.6 is 0 Å². The van der Waals surface area contributed by atoms with Crippen molar-refractivity contribution in [3.63, 3.8) is 0 Å². The summed E-state index contributed by atoms with van der Waals surface area (Å²) in [6.45, 7) is 5.34. The Hall–Kier alpha value is -1.03. The molecule has 0 aliphatic rings. The van der Waals surface area contributed by atoms with Crippen molar-refractivity contribution in [1.82, 2.24) is 5.16 Å². The summed E-state index contributed by atoms with van der Waals surface area (Å²) in [5.74, 6) is 1.38. The number of hydrogen-bond acceptors (Lipinski definition) is 4. The van der Waals surface area contributed by atoms with Gasteiger partial charge in [-0.15, -0.1) is 0 Å². The smallest absolute Gasteiger partial charge is 0.174 e. The molecule has 1 unspecified atom stereocenters. The highest BCUT2D eigenvalue weighted by molar-refractivity contribution is 5.43. The Morgan fingerprint density at radius 1 is 1.55 bits per heavy atom. The lowest BCUT2D eigenvalue weighted by Gasteiger charge is -2.04. The van der Waals surface area contributed by atoms with Crippen molar-refractivity contribution in [2.45, 2.75) is 27.0 Å². The van der Waals surface area contributed by atoms with Gasteiger partial charge >= 0.3 is 0 Å². The van der Waals surface area contributed by atoms with Gasteiger partial charge in [-0.2, -0.15) is 0 Å². The first-order valence-corrected chi connectivity index (χ1v) is 3.48. The summed E-state index contributed by atoms with van der Waals surface area (Å²) in [6.07, 6.45) is -0.599. The molecule has 0 spiro atoms. The van der Waals surface area contributed by atoms with Gasteiger partial charge in [0.2, 0.25) is 0 Å². The van der Waals surface area contributed by atoms with E-state index in [1.165, 1.54) is 0 Å². The van der Waals surface area contributed by atoms with Crippen molar-refractivity contribution < 1.29 is 9.63 Å². The first-order valence-electron chi connectivity index (χ1n) is 3.48. The van der Waals surface area contributed by atoms with Crippen LogP contribution in [-0.4, -0.2) is 16.5 Å². The van der Waals surface area contributed by atoms with Crippen LogP contribution < -0.4 is 5.32 Å². The van der Waals surface area contributed by atoms with E-state index in [0.717, 1.165) is 11.3 Å². The van der Waals surface area contributed by atoms with Gasteiger partial charge in [0.25, 0.3) is 0 Å². The number of aliphatic hydroxyl groups excluding tert-OH is 1. The van der Waals surface area contributed by atoms with Gasteiger partial charge in [-0.25, -0.2) is 0 Å². The Bertz CT molecular complexity index is 243. The normalized spacial score (nSPS) is 13.1. The highest BCUT2D eigenvalue weighted by Crippen LogP contribution is 2.16.